The summed E-state index contributed by atoms with van der Waals surface area (Å²) in [5.74, 6) is 0.389. The molecule has 22 heavy (non-hydrogen) atoms. The van der Waals surface area contributed by atoms with Crippen LogP contribution in [0.5, 0.6) is 0 Å². The van der Waals surface area contributed by atoms with Crippen LogP contribution in [0.4, 0.5) is 0 Å². The topological polar surface area (TPSA) is 65.5 Å². The number of sulfonamides is 1. The summed E-state index contributed by atoms with van der Waals surface area (Å²) in [6.07, 6.45) is 2.95. The summed E-state index contributed by atoms with van der Waals surface area (Å²) in [6, 6.07) is 3.41. The van der Waals surface area contributed by atoms with E-state index in [1.807, 2.05) is 0 Å². The highest BCUT2D eigenvalue weighted by atomic mass is 32.2. The van der Waals surface area contributed by atoms with Crippen LogP contribution in [0.1, 0.15) is 13.8 Å². The minimum atomic E-state index is -3.49. The van der Waals surface area contributed by atoms with Gasteiger partial charge in [-0.1, -0.05) is 13.8 Å². The first-order valence-corrected chi connectivity index (χ1v) is 9.21. The number of rotatable bonds is 6. The van der Waals surface area contributed by atoms with Crippen LogP contribution in [0.25, 0.3) is 0 Å². The van der Waals surface area contributed by atoms with Gasteiger partial charge >= 0.3 is 0 Å². The van der Waals surface area contributed by atoms with Crippen LogP contribution in [0.15, 0.2) is 29.4 Å². The summed E-state index contributed by atoms with van der Waals surface area (Å²) in [5.41, 5.74) is 0. The molecule has 1 fully saturated rings. The quantitative estimate of drug-likeness (QED) is 0.831. The smallest absolute Gasteiger partial charge is 0.242 e. The minimum absolute atomic E-state index is 0.208. The van der Waals surface area contributed by atoms with Crippen molar-refractivity contribution in [3.05, 3.63) is 24.5 Å². The Kier molecular flexibility index (Phi) is 5.91. The second-order valence-electron chi connectivity index (χ2n) is 6.19. The molecule has 1 aliphatic rings. The fourth-order valence-corrected chi connectivity index (χ4v) is 3.74. The maximum Gasteiger partial charge on any atom is 0.242 e. The van der Waals surface area contributed by atoms with Gasteiger partial charge in [0.1, 0.15) is 4.90 Å². The van der Waals surface area contributed by atoms with Gasteiger partial charge in [-0.2, -0.15) is 0 Å². The highest BCUT2D eigenvalue weighted by Crippen LogP contribution is 2.14. The zero-order valence-corrected chi connectivity index (χ0v) is 14.4. The minimum Gasteiger partial charge on any atom is -0.304 e. The van der Waals surface area contributed by atoms with E-state index < -0.39 is 10.0 Å². The van der Waals surface area contributed by atoms with Gasteiger partial charge in [-0.3, -0.25) is 9.88 Å². The van der Waals surface area contributed by atoms with Crippen molar-refractivity contribution in [1.29, 1.82) is 0 Å². The highest BCUT2D eigenvalue weighted by molar-refractivity contribution is 7.89. The van der Waals surface area contributed by atoms with Crippen molar-refractivity contribution in [1.82, 2.24) is 19.5 Å². The van der Waals surface area contributed by atoms with Crippen molar-refractivity contribution >= 4 is 10.0 Å². The fraction of sp³-hybridized carbons (Fsp3) is 0.667. The summed E-state index contributed by atoms with van der Waals surface area (Å²) in [7, 11) is -1.37. The number of nitrogens with zero attached hydrogens (tertiary/aromatic N) is 3. The number of hydrogen-bond donors (Lipinski definition) is 1. The molecule has 0 radical (unpaired) electrons. The number of pyridine rings is 1. The van der Waals surface area contributed by atoms with Gasteiger partial charge < -0.3 is 4.90 Å². The number of likely N-dealkylation sites (N-methyl/N-ethyl adjacent to an activating group) is 1. The summed E-state index contributed by atoms with van der Waals surface area (Å²) in [4.78, 5) is 8.78. The second kappa shape index (κ2) is 7.50. The SMILES string of the molecule is CC(C)C(CNS(=O)(=O)c1cccnc1)N1CCN(C)CC1. The number of aromatic nitrogens is 1. The first-order chi connectivity index (χ1) is 10.4. The van der Waals surface area contributed by atoms with Crippen molar-refractivity contribution in [3.8, 4) is 0 Å². The van der Waals surface area contributed by atoms with E-state index in [1.54, 1.807) is 18.3 Å². The molecule has 1 aromatic heterocycles. The van der Waals surface area contributed by atoms with Gasteiger partial charge in [0.05, 0.1) is 0 Å². The number of piperazine rings is 1. The van der Waals surface area contributed by atoms with Crippen LogP contribution in [-0.2, 0) is 10.0 Å². The van der Waals surface area contributed by atoms with E-state index in [0.717, 1.165) is 26.2 Å². The molecule has 0 aromatic carbocycles. The third kappa shape index (κ3) is 4.49. The summed E-state index contributed by atoms with van der Waals surface area (Å²) in [5, 5.41) is 0. The van der Waals surface area contributed by atoms with Gasteiger partial charge in [0, 0.05) is 51.2 Å². The van der Waals surface area contributed by atoms with Crippen molar-refractivity contribution in [2.75, 3.05) is 39.8 Å². The van der Waals surface area contributed by atoms with Crippen LogP contribution in [0, 0.1) is 5.92 Å². The van der Waals surface area contributed by atoms with E-state index in [2.05, 4.69) is 40.4 Å². The predicted molar refractivity (Wildman–Crippen MR) is 87.1 cm³/mol. The lowest BCUT2D eigenvalue weighted by molar-refractivity contribution is 0.0905. The van der Waals surface area contributed by atoms with E-state index in [1.165, 1.54) is 6.20 Å². The number of nitrogens with one attached hydrogen (secondary N) is 1. The monoisotopic (exact) mass is 326 g/mol. The fourth-order valence-electron chi connectivity index (χ4n) is 2.72. The lowest BCUT2D eigenvalue weighted by Crippen LogP contribution is -2.54. The predicted octanol–water partition coefficient (Wildman–Crippen LogP) is 0.632. The molecule has 1 saturated heterocycles. The molecule has 0 saturated carbocycles. The molecule has 1 N–H and O–H groups in total. The Bertz CT molecular complexity index is 554. The van der Waals surface area contributed by atoms with Gasteiger partial charge in [0.15, 0.2) is 0 Å². The molecule has 0 amide bonds. The maximum absolute atomic E-state index is 12.3. The molecule has 0 bridgehead atoms. The Hall–Kier alpha value is -1.02. The molecule has 1 atom stereocenters. The summed E-state index contributed by atoms with van der Waals surface area (Å²) >= 11 is 0. The van der Waals surface area contributed by atoms with Gasteiger partial charge in [-0.05, 0) is 25.1 Å². The van der Waals surface area contributed by atoms with Gasteiger partial charge in [-0.25, -0.2) is 13.1 Å². The summed E-state index contributed by atoms with van der Waals surface area (Å²) < 4.78 is 27.4. The van der Waals surface area contributed by atoms with Crippen LogP contribution < -0.4 is 4.72 Å². The Labute approximate surface area is 133 Å². The zero-order valence-electron chi connectivity index (χ0n) is 13.6. The standard InChI is InChI=1S/C15H26N4O2S/c1-13(2)15(19-9-7-18(3)8-10-19)12-17-22(20,21)14-5-4-6-16-11-14/h4-6,11,13,15,17H,7-10,12H2,1-3H3. The Morgan fingerprint density at radius 3 is 2.50 bits per heavy atom. The van der Waals surface area contributed by atoms with Crippen LogP contribution in [0.3, 0.4) is 0 Å². The lowest BCUT2D eigenvalue weighted by atomic mass is 10.0. The molecule has 1 aliphatic heterocycles. The van der Waals surface area contributed by atoms with Gasteiger partial charge in [0.25, 0.3) is 0 Å². The second-order valence-corrected chi connectivity index (χ2v) is 7.96. The zero-order chi connectivity index (χ0) is 16.2. The van der Waals surface area contributed by atoms with Crippen molar-refractivity contribution in [2.24, 2.45) is 5.92 Å². The van der Waals surface area contributed by atoms with E-state index in [4.69, 9.17) is 0 Å². The van der Waals surface area contributed by atoms with Crippen molar-refractivity contribution in [2.45, 2.75) is 24.8 Å². The summed E-state index contributed by atoms with van der Waals surface area (Å²) in [6.45, 7) is 8.72. The third-order valence-corrected chi connectivity index (χ3v) is 5.61. The van der Waals surface area contributed by atoms with E-state index in [9.17, 15) is 8.42 Å². The number of hydrogen-bond acceptors (Lipinski definition) is 5. The molecule has 2 rings (SSSR count). The molecule has 2 heterocycles. The normalized spacial score (nSPS) is 19.5. The molecule has 1 aromatic rings. The first kappa shape index (κ1) is 17.3. The van der Waals surface area contributed by atoms with E-state index >= 15 is 0 Å². The largest absolute Gasteiger partial charge is 0.304 e. The molecule has 0 aliphatic carbocycles. The average Bonchev–Trinajstić information content (AvgIpc) is 2.50. The average molecular weight is 326 g/mol. The van der Waals surface area contributed by atoms with E-state index in [-0.39, 0.29) is 10.9 Å². The van der Waals surface area contributed by atoms with Gasteiger partial charge in [-0.15, -0.1) is 0 Å². The molecule has 124 valence electrons. The van der Waals surface area contributed by atoms with Crippen LogP contribution in [0.2, 0.25) is 0 Å². The lowest BCUT2D eigenvalue weighted by Gasteiger charge is -2.39. The van der Waals surface area contributed by atoms with Crippen LogP contribution in [-0.4, -0.2) is 69.0 Å². The van der Waals surface area contributed by atoms with Crippen molar-refractivity contribution in [3.63, 3.8) is 0 Å². The van der Waals surface area contributed by atoms with Gasteiger partial charge in [0.2, 0.25) is 10.0 Å². The molecule has 1 unspecified atom stereocenters. The molecular formula is C15H26N4O2S. The van der Waals surface area contributed by atoms with Crippen LogP contribution >= 0.6 is 0 Å². The Morgan fingerprint density at radius 1 is 1.27 bits per heavy atom. The Morgan fingerprint density at radius 2 is 1.95 bits per heavy atom. The molecule has 0 spiro atoms. The van der Waals surface area contributed by atoms with Crippen molar-refractivity contribution < 1.29 is 8.42 Å². The third-order valence-electron chi connectivity index (χ3n) is 4.20. The molecule has 7 heteroatoms. The Balaban J connectivity index is 2.00. The molecular weight excluding hydrogens is 300 g/mol. The van der Waals surface area contributed by atoms with E-state index in [0.29, 0.717) is 12.5 Å². The first-order valence-electron chi connectivity index (χ1n) is 7.72. The maximum atomic E-state index is 12.3. The highest BCUT2D eigenvalue weighted by Gasteiger charge is 2.26. The molecule has 6 nitrogen and oxygen atoms in total.